The molecule has 0 amide bonds. The molecule has 0 spiro atoms. The number of aryl methyl sites for hydroxylation is 1. The van der Waals surface area contributed by atoms with Gasteiger partial charge in [-0.3, -0.25) is 14.4 Å². The highest BCUT2D eigenvalue weighted by Gasteiger charge is 2.14. The number of benzene rings is 1. The molecule has 1 heterocycles. The molecule has 0 saturated carbocycles. The van der Waals surface area contributed by atoms with Gasteiger partial charge in [0.2, 0.25) is 0 Å². The number of unbranched alkanes of at least 4 members (excludes halogenated alkanes) is 2. The number of methoxy groups -OCH3 is 1. The van der Waals surface area contributed by atoms with Crippen molar-refractivity contribution < 1.29 is 34.1 Å². The third-order valence-electron chi connectivity index (χ3n) is 5.04. The summed E-state index contributed by atoms with van der Waals surface area (Å²) in [6.07, 6.45) is 7.01. The minimum absolute atomic E-state index is 0.0713. The molecule has 34 heavy (non-hydrogen) atoms. The molecule has 0 bridgehead atoms. The topological polar surface area (TPSA) is 123 Å². The van der Waals surface area contributed by atoms with Crippen molar-refractivity contribution in [3.63, 3.8) is 0 Å². The number of allylic oxidation sites excluding steroid dienone is 1. The molecule has 8 heteroatoms. The van der Waals surface area contributed by atoms with Crippen LogP contribution in [0.1, 0.15) is 66.7 Å². The van der Waals surface area contributed by atoms with E-state index < -0.39 is 11.9 Å². The van der Waals surface area contributed by atoms with Gasteiger partial charge < -0.3 is 19.7 Å². The average Bonchev–Trinajstić information content (AvgIpc) is 2.82. The van der Waals surface area contributed by atoms with Crippen LogP contribution < -0.4 is 9.47 Å². The van der Waals surface area contributed by atoms with Gasteiger partial charge in [0.1, 0.15) is 17.2 Å². The molecular weight excluding hydrogens is 438 g/mol. The van der Waals surface area contributed by atoms with E-state index in [9.17, 15) is 14.4 Å². The molecule has 0 radical (unpaired) electrons. The standard InChI is InChI=1S/C26H31NO7/c1-33-20-12-10-19(11-13-20)7-4-2-3-5-18-34-24-16-14-21(23(28)8-6-9-25(29)30)27-22(24)15-17-26(31)32/h4,7,10-14,16H,2-3,5-6,8-9,15,17-18H2,1H3,(H,29,30)(H,31,32). The Morgan fingerprint density at radius 3 is 2.32 bits per heavy atom. The number of nitrogens with zero attached hydrogens (tertiary/aromatic N) is 1. The van der Waals surface area contributed by atoms with Crippen molar-refractivity contribution in [3.8, 4) is 11.5 Å². The Kier molecular flexibility index (Phi) is 11.3. The number of carboxylic acids is 2. The van der Waals surface area contributed by atoms with Gasteiger partial charge in [0.15, 0.2) is 5.78 Å². The molecule has 0 atom stereocenters. The lowest BCUT2D eigenvalue weighted by Gasteiger charge is -2.12. The van der Waals surface area contributed by atoms with Crippen LogP contribution in [-0.4, -0.2) is 46.6 Å². The summed E-state index contributed by atoms with van der Waals surface area (Å²) in [4.78, 5) is 38.2. The second-order valence-corrected chi connectivity index (χ2v) is 7.73. The summed E-state index contributed by atoms with van der Waals surface area (Å²) in [6.45, 7) is 0.448. The monoisotopic (exact) mass is 469 g/mol. The van der Waals surface area contributed by atoms with Gasteiger partial charge in [-0.2, -0.15) is 0 Å². The second-order valence-electron chi connectivity index (χ2n) is 7.73. The van der Waals surface area contributed by atoms with Crippen LogP contribution >= 0.6 is 0 Å². The summed E-state index contributed by atoms with van der Waals surface area (Å²) in [5.74, 6) is -0.898. The maximum atomic E-state index is 12.3. The van der Waals surface area contributed by atoms with E-state index in [0.717, 1.165) is 30.6 Å². The van der Waals surface area contributed by atoms with Gasteiger partial charge in [-0.15, -0.1) is 0 Å². The highest BCUT2D eigenvalue weighted by Crippen LogP contribution is 2.21. The number of rotatable bonds is 16. The molecule has 2 aromatic rings. The SMILES string of the molecule is COc1ccc(C=CCCCCOc2ccc(C(=O)CCCC(=O)O)nc2CCC(=O)O)cc1. The molecule has 0 aliphatic rings. The number of pyridine rings is 1. The fraction of sp³-hybridized carbons (Fsp3) is 0.385. The Labute approximate surface area is 199 Å². The van der Waals surface area contributed by atoms with E-state index in [4.69, 9.17) is 19.7 Å². The number of ether oxygens (including phenoxy) is 2. The van der Waals surface area contributed by atoms with Gasteiger partial charge in [-0.1, -0.05) is 24.3 Å². The zero-order chi connectivity index (χ0) is 24.8. The third kappa shape index (κ3) is 9.85. The molecule has 1 aromatic heterocycles. The maximum Gasteiger partial charge on any atom is 0.303 e. The number of aromatic nitrogens is 1. The lowest BCUT2D eigenvalue weighted by atomic mass is 10.1. The van der Waals surface area contributed by atoms with Gasteiger partial charge in [0.05, 0.1) is 25.8 Å². The van der Waals surface area contributed by atoms with Crippen molar-refractivity contribution in [1.29, 1.82) is 0 Å². The number of hydrogen-bond acceptors (Lipinski definition) is 6. The average molecular weight is 470 g/mol. The molecule has 0 unspecified atom stereocenters. The molecule has 0 aliphatic heterocycles. The minimum Gasteiger partial charge on any atom is -0.497 e. The first-order chi connectivity index (χ1) is 16.4. The summed E-state index contributed by atoms with van der Waals surface area (Å²) in [6, 6.07) is 11.0. The van der Waals surface area contributed by atoms with Crippen LogP contribution in [0, 0.1) is 0 Å². The molecule has 1 aromatic carbocycles. The van der Waals surface area contributed by atoms with E-state index in [0.29, 0.717) is 18.1 Å². The minimum atomic E-state index is -0.963. The predicted octanol–water partition coefficient (Wildman–Crippen LogP) is 4.81. The molecule has 0 saturated heterocycles. The Balaban J connectivity index is 1.84. The Morgan fingerprint density at radius 2 is 1.65 bits per heavy atom. The van der Waals surface area contributed by atoms with Gasteiger partial charge >= 0.3 is 11.9 Å². The third-order valence-corrected chi connectivity index (χ3v) is 5.04. The highest BCUT2D eigenvalue weighted by atomic mass is 16.5. The van der Waals surface area contributed by atoms with Crippen LogP contribution in [0.25, 0.3) is 6.08 Å². The Morgan fingerprint density at radius 1 is 0.912 bits per heavy atom. The smallest absolute Gasteiger partial charge is 0.303 e. The number of carbonyl (C=O) groups excluding carboxylic acids is 1. The summed E-state index contributed by atoms with van der Waals surface area (Å²) in [5.41, 5.74) is 1.72. The van der Waals surface area contributed by atoms with E-state index in [1.54, 1.807) is 19.2 Å². The molecule has 0 aliphatic carbocycles. The first kappa shape index (κ1) is 26.6. The quantitative estimate of drug-likeness (QED) is 0.265. The lowest BCUT2D eigenvalue weighted by Crippen LogP contribution is -2.09. The van der Waals surface area contributed by atoms with Crippen LogP contribution in [0.3, 0.4) is 0 Å². The Hall–Kier alpha value is -3.68. The van der Waals surface area contributed by atoms with Crippen LogP contribution in [0.4, 0.5) is 0 Å². The van der Waals surface area contributed by atoms with Gasteiger partial charge in [0, 0.05) is 19.3 Å². The van der Waals surface area contributed by atoms with Crippen molar-refractivity contribution in [3.05, 3.63) is 59.4 Å². The number of carbonyl (C=O) groups is 3. The molecular formula is C26H31NO7. The molecule has 2 N–H and O–H groups in total. The van der Waals surface area contributed by atoms with Gasteiger partial charge in [-0.25, -0.2) is 4.98 Å². The predicted molar refractivity (Wildman–Crippen MR) is 127 cm³/mol. The fourth-order valence-corrected chi connectivity index (χ4v) is 3.19. The van der Waals surface area contributed by atoms with Gasteiger partial charge in [-0.05, 0) is 55.5 Å². The number of ketones is 1. The van der Waals surface area contributed by atoms with Crippen molar-refractivity contribution in [1.82, 2.24) is 4.98 Å². The van der Waals surface area contributed by atoms with E-state index in [1.165, 1.54) is 0 Å². The summed E-state index contributed by atoms with van der Waals surface area (Å²) in [7, 11) is 1.64. The number of carboxylic acid groups (broad SMARTS) is 2. The maximum absolute atomic E-state index is 12.3. The molecule has 182 valence electrons. The van der Waals surface area contributed by atoms with E-state index in [1.807, 2.05) is 24.3 Å². The second kappa shape index (κ2) is 14.5. The Bertz CT molecular complexity index is 983. The summed E-state index contributed by atoms with van der Waals surface area (Å²) in [5, 5.41) is 17.7. The molecule has 0 fully saturated rings. The summed E-state index contributed by atoms with van der Waals surface area (Å²) < 4.78 is 11.0. The number of Topliss-reactive ketones (excluding diaryl/α,β-unsaturated/α-hetero) is 1. The zero-order valence-corrected chi connectivity index (χ0v) is 19.4. The highest BCUT2D eigenvalue weighted by molar-refractivity contribution is 5.94. The van der Waals surface area contributed by atoms with Crippen LogP contribution in [0.15, 0.2) is 42.5 Å². The fourth-order valence-electron chi connectivity index (χ4n) is 3.19. The number of aliphatic carboxylic acids is 2. The van der Waals surface area contributed by atoms with E-state index in [-0.39, 0.29) is 43.6 Å². The largest absolute Gasteiger partial charge is 0.497 e. The number of hydrogen-bond donors (Lipinski definition) is 2. The van der Waals surface area contributed by atoms with Gasteiger partial charge in [0.25, 0.3) is 0 Å². The molecule has 8 nitrogen and oxygen atoms in total. The van der Waals surface area contributed by atoms with Crippen LogP contribution in [0.5, 0.6) is 11.5 Å². The van der Waals surface area contributed by atoms with Crippen LogP contribution in [0.2, 0.25) is 0 Å². The van der Waals surface area contributed by atoms with Crippen molar-refractivity contribution >= 4 is 23.8 Å². The van der Waals surface area contributed by atoms with E-state index >= 15 is 0 Å². The first-order valence-corrected chi connectivity index (χ1v) is 11.3. The van der Waals surface area contributed by atoms with Crippen molar-refractivity contribution in [2.75, 3.05) is 13.7 Å². The normalized spacial score (nSPS) is 10.9. The zero-order valence-electron chi connectivity index (χ0n) is 19.4. The van der Waals surface area contributed by atoms with Crippen molar-refractivity contribution in [2.45, 2.75) is 51.4 Å². The van der Waals surface area contributed by atoms with Crippen molar-refractivity contribution in [2.24, 2.45) is 0 Å². The molecule has 2 rings (SSSR count). The van der Waals surface area contributed by atoms with E-state index in [2.05, 4.69) is 17.1 Å². The van der Waals surface area contributed by atoms with Crippen LogP contribution in [-0.2, 0) is 16.0 Å². The first-order valence-electron chi connectivity index (χ1n) is 11.3. The lowest BCUT2D eigenvalue weighted by molar-refractivity contribution is -0.138. The summed E-state index contributed by atoms with van der Waals surface area (Å²) >= 11 is 0.